The molecule has 2 heterocycles. The molecule has 8 heteroatoms. The lowest BCUT2D eigenvalue weighted by molar-refractivity contribution is -0.274. The summed E-state index contributed by atoms with van der Waals surface area (Å²) < 4.78 is 42.3. The maximum Gasteiger partial charge on any atom is 0.573 e. The predicted molar refractivity (Wildman–Crippen MR) is 86.6 cm³/mol. The molecule has 2 aromatic rings. The Hall–Kier alpha value is -2.74. The molecule has 1 aromatic carbocycles. The number of aliphatic hydroxyl groups is 1. The van der Waals surface area contributed by atoms with E-state index in [0.717, 1.165) is 16.7 Å². The topological polar surface area (TPSA) is 50.5 Å². The minimum Gasteiger partial charge on any atom is -0.406 e. The Morgan fingerprint density at radius 2 is 1.88 bits per heavy atom. The van der Waals surface area contributed by atoms with Crippen LogP contribution in [0.15, 0.2) is 54.5 Å². The highest BCUT2D eigenvalue weighted by Crippen LogP contribution is 2.32. The number of aliphatic hydroxyl groups excluding tert-OH is 1. The van der Waals surface area contributed by atoms with E-state index >= 15 is 0 Å². The van der Waals surface area contributed by atoms with Crippen LogP contribution in [0.1, 0.15) is 12.5 Å². The summed E-state index contributed by atoms with van der Waals surface area (Å²) in [4.78, 5) is 1.56. The largest absolute Gasteiger partial charge is 0.573 e. The van der Waals surface area contributed by atoms with Gasteiger partial charge in [0.25, 0.3) is 0 Å². The highest BCUT2D eigenvalue weighted by Gasteiger charge is 2.31. The van der Waals surface area contributed by atoms with Gasteiger partial charge in [0.2, 0.25) is 0 Å². The third kappa shape index (κ3) is 3.85. The quantitative estimate of drug-likeness (QED) is 0.920. The van der Waals surface area contributed by atoms with E-state index in [0.29, 0.717) is 5.69 Å². The average molecular weight is 351 g/mol. The van der Waals surface area contributed by atoms with Gasteiger partial charge in [-0.3, -0.25) is 4.68 Å². The molecule has 0 spiro atoms. The second-order valence-electron chi connectivity index (χ2n) is 5.66. The zero-order valence-corrected chi connectivity index (χ0v) is 13.5. The van der Waals surface area contributed by atoms with E-state index in [2.05, 4.69) is 9.84 Å². The molecule has 0 saturated heterocycles. The summed E-state index contributed by atoms with van der Waals surface area (Å²) in [6.07, 6.45) is 1.31. The Balaban J connectivity index is 1.89. The number of rotatable bonds is 3. The van der Waals surface area contributed by atoms with Crippen molar-refractivity contribution in [1.29, 1.82) is 0 Å². The highest BCUT2D eigenvalue weighted by molar-refractivity contribution is 5.82. The van der Waals surface area contributed by atoms with Gasteiger partial charge in [-0.1, -0.05) is 0 Å². The zero-order valence-electron chi connectivity index (χ0n) is 13.5. The summed E-state index contributed by atoms with van der Waals surface area (Å²) in [6, 6.07) is 5.32. The van der Waals surface area contributed by atoms with Crippen molar-refractivity contribution >= 4 is 11.3 Å². The van der Waals surface area contributed by atoms with Crippen molar-refractivity contribution in [3.8, 4) is 5.75 Å². The standard InChI is InChI=1S/C17H16F3N3O2/c1-11-7-16(24)23(10-15(11)12-8-21-22(2)9-12)13-3-5-14(6-4-13)25-17(18,19)20/h3-10,16,24H,1-2H3. The van der Waals surface area contributed by atoms with Crippen molar-refractivity contribution in [1.82, 2.24) is 9.78 Å². The Morgan fingerprint density at radius 3 is 2.44 bits per heavy atom. The first-order valence-corrected chi connectivity index (χ1v) is 7.45. The monoisotopic (exact) mass is 351 g/mol. The summed E-state index contributed by atoms with van der Waals surface area (Å²) in [7, 11) is 1.80. The fraction of sp³-hybridized carbons (Fsp3) is 0.235. The third-order valence-corrected chi connectivity index (χ3v) is 3.76. The fourth-order valence-corrected chi connectivity index (χ4v) is 2.62. The van der Waals surface area contributed by atoms with Crippen molar-refractivity contribution in [3.63, 3.8) is 0 Å². The Labute approximate surface area is 142 Å². The van der Waals surface area contributed by atoms with Crippen LogP contribution < -0.4 is 9.64 Å². The molecule has 0 radical (unpaired) electrons. The van der Waals surface area contributed by atoms with Crippen LogP contribution in [0.2, 0.25) is 0 Å². The third-order valence-electron chi connectivity index (χ3n) is 3.76. The van der Waals surface area contributed by atoms with Crippen LogP contribution in [0.3, 0.4) is 0 Å². The van der Waals surface area contributed by atoms with Gasteiger partial charge in [-0.05, 0) is 42.8 Å². The number of halogens is 3. The number of hydrogen-bond donors (Lipinski definition) is 1. The van der Waals surface area contributed by atoms with Crippen molar-refractivity contribution in [2.75, 3.05) is 4.90 Å². The lowest BCUT2D eigenvalue weighted by Crippen LogP contribution is -2.31. The summed E-state index contributed by atoms with van der Waals surface area (Å²) in [5.74, 6) is -0.314. The molecular weight excluding hydrogens is 335 g/mol. The van der Waals surface area contributed by atoms with Gasteiger partial charge in [-0.15, -0.1) is 13.2 Å². The van der Waals surface area contributed by atoms with Crippen LogP contribution in [0.25, 0.3) is 5.57 Å². The van der Waals surface area contributed by atoms with E-state index in [1.54, 1.807) is 35.1 Å². The van der Waals surface area contributed by atoms with Gasteiger partial charge in [0, 0.05) is 36.3 Å². The molecule has 0 aliphatic carbocycles. The van der Waals surface area contributed by atoms with E-state index < -0.39 is 12.6 Å². The van der Waals surface area contributed by atoms with Crippen molar-refractivity contribution in [2.45, 2.75) is 19.5 Å². The molecule has 1 aromatic heterocycles. The second-order valence-corrected chi connectivity index (χ2v) is 5.66. The first-order chi connectivity index (χ1) is 11.7. The normalized spacial score (nSPS) is 18.0. The number of hydrogen-bond acceptors (Lipinski definition) is 4. The van der Waals surface area contributed by atoms with Crippen molar-refractivity contribution in [3.05, 3.63) is 60.1 Å². The lowest BCUT2D eigenvalue weighted by Gasteiger charge is -2.30. The number of alkyl halides is 3. The summed E-state index contributed by atoms with van der Waals surface area (Å²) >= 11 is 0. The van der Waals surface area contributed by atoms with E-state index in [9.17, 15) is 18.3 Å². The maximum absolute atomic E-state index is 12.2. The molecule has 0 bridgehead atoms. The van der Waals surface area contributed by atoms with Crippen LogP contribution in [0.5, 0.6) is 5.75 Å². The molecule has 1 N–H and O–H groups in total. The molecule has 1 atom stereocenters. The van der Waals surface area contributed by atoms with Gasteiger partial charge in [-0.25, -0.2) is 0 Å². The molecule has 0 amide bonds. The number of nitrogens with zero attached hydrogens (tertiary/aromatic N) is 3. The minimum absolute atomic E-state index is 0.314. The van der Waals surface area contributed by atoms with Crippen molar-refractivity contribution in [2.24, 2.45) is 7.05 Å². The molecular formula is C17H16F3N3O2. The van der Waals surface area contributed by atoms with Crippen LogP contribution >= 0.6 is 0 Å². The molecule has 3 rings (SSSR count). The highest BCUT2D eigenvalue weighted by atomic mass is 19.4. The summed E-state index contributed by atoms with van der Waals surface area (Å²) in [6.45, 7) is 1.87. The summed E-state index contributed by atoms with van der Waals surface area (Å²) in [5.41, 5.74) is 3.17. The number of aromatic nitrogens is 2. The van der Waals surface area contributed by atoms with Crippen molar-refractivity contribution < 1.29 is 23.0 Å². The Bertz CT molecular complexity index is 822. The smallest absolute Gasteiger partial charge is 0.406 e. The maximum atomic E-state index is 12.2. The molecule has 0 fully saturated rings. The molecule has 5 nitrogen and oxygen atoms in total. The number of benzene rings is 1. The Morgan fingerprint density at radius 1 is 1.20 bits per heavy atom. The van der Waals surface area contributed by atoms with Crippen LogP contribution in [-0.2, 0) is 7.05 Å². The molecule has 1 aliphatic heterocycles. The second kappa shape index (κ2) is 6.29. The number of anilines is 1. The fourth-order valence-electron chi connectivity index (χ4n) is 2.62. The van der Waals surface area contributed by atoms with Crippen LogP contribution in [-0.4, -0.2) is 27.5 Å². The van der Waals surface area contributed by atoms with E-state index in [-0.39, 0.29) is 5.75 Å². The molecule has 1 aliphatic rings. The van der Waals surface area contributed by atoms with Gasteiger partial charge < -0.3 is 14.7 Å². The average Bonchev–Trinajstić information content (AvgIpc) is 2.93. The van der Waals surface area contributed by atoms with Crippen LogP contribution in [0, 0.1) is 0 Å². The van der Waals surface area contributed by atoms with Gasteiger partial charge in [0.1, 0.15) is 5.75 Å². The molecule has 25 heavy (non-hydrogen) atoms. The minimum atomic E-state index is -4.74. The molecule has 1 unspecified atom stereocenters. The number of allylic oxidation sites excluding steroid dienone is 2. The van der Waals surface area contributed by atoms with Gasteiger partial charge in [0.15, 0.2) is 6.23 Å². The van der Waals surface area contributed by atoms with E-state index in [1.165, 1.54) is 24.3 Å². The SMILES string of the molecule is CC1=CC(O)N(c2ccc(OC(F)(F)F)cc2)C=C1c1cnn(C)c1. The van der Waals surface area contributed by atoms with Gasteiger partial charge >= 0.3 is 6.36 Å². The first kappa shape index (κ1) is 17.1. The molecule has 132 valence electrons. The predicted octanol–water partition coefficient (Wildman–Crippen LogP) is 3.44. The van der Waals surface area contributed by atoms with Gasteiger partial charge in [-0.2, -0.15) is 5.10 Å². The first-order valence-electron chi connectivity index (χ1n) is 7.45. The Kier molecular flexibility index (Phi) is 4.30. The van der Waals surface area contributed by atoms with Gasteiger partial charge in [0.05, 0.1) is 6.20 Å². The van der Waals surface area contributed by atoms with E-state index in [1.807, 2.05) is 13.1 Å². The number of ether oxygens (including phenoxy) is 1. The summed E-state index contributed by atoms with van der Waals surface area (Å²) in [5, 5.41) is 14.4. The van der Waals surface area contributed by atoms with Crippen LogP contribution in [0.4, 0.5) is 18.9 Å². The number of aryl methyl sites for hydroxylation is 1. The van der Waals surface area contributed by atoms with E-state index in [4.69, 9.17) is 0 Å². The molecule has 0 saturated carbocycles. The lowest BCUT2D eigenvalue weighted by atomic mass is 9.99. The zero-order chi connectivity index (χ0) is 18.2.